The maximum Gasteiger partial charge on any atom is 0.0798 e. The highest BCUT2D eigenvalue weighted by molar-refractivity contribution is 4.97. The second-order valence-corrected chi connectivity index (χ2v) is 4.22. The molecule has 2 atom stereocenters. The number of hydrogen-bond acceptors (Lipinski definition) is 3. The third kappa shape index (κ3) is 1.37. The van der Waals surface area contributed by atoms with Crippen molar-refractivity contribution in [3.63, 3.8) is 0 Å². The van der Waals surface area contributed by atoms with E-state index in [9.17, 15) is 5.11 Å². The van der Waals surface area contributed by atoms with Crippen LogP contribution in [0.2, 0.25) is 0 Å². The van der Waals surface area contributed by atoms with Gasteiger partial charge in [-0.1, -0.05) is 0 Å². The normalized spacial score (nSPS) is 44.0. The van der Waals surface area contributed by atoms with Crippen molar-refractivity contribution in [2.75, 3.05) is 26.2 Å². The molecular weight excluding hydrogens is 152 g/mol. The van der Waals surface area contributed by atoms with Gasteiger partial charge in [0.25, 0.3) is 0 Å². The lowest BCUT2D eigenvalue weighted by atomic mass is 9.87. The van der Waals surface area contributed by atoms with Crippen LogP contribution < -0.4 is 5.32 Å². The second kappa shape index (κ2) is 2.98. The molecule has 0 radical (unpaired) electrons. The number of piperidine rings is 1. The van der Waals surface area contributed by atoms with E-state index in [1.807, 2.05) is 6.92 Å². The van der Waals surface area contributed by atoms with E-state index < -0.39 is 5.60 Å². The number of rotatable bonds is 1. The van der Waals surface area contributed by atoms with Gasteiger partial charge >= 0.3 is 0 Å². The molecule has 0 bridgehead atoms. The summed E-state index contributed by atoms with van der Waals surface area (Å²) in [7, 11) is 0. The standard InChI is InChI=1S/C9H18N2O/c1-9(12)3-4-10-7-8(9)11-5-2-6-11/h8,10,12H,2-7H2,1H3. The minimum Gasteiger partial charge on any atom is -0.388 e. The third-order valence-corrected chi connectivity index (χ3v) is 3.19. The molecule has 2 fully saturated rings. The summed E-state index contributed by atoms with van der Waals surface area (Å²) in [5, 5.41) is 13.4. The molecule has 2 saturated heterocycles. The van der Waals surface area contributed by atoms with Gasteiger partial charge in [0.15, 0.2) is 0 Å². The van der Waals surface area contributed by atoms with Crippen LogP contribution >= 0.6 is 0 Å². The maximum absolute atomic E-state index is 10.1. The molecular formula is C9H18N2O. The topological polar surface area (TPSA) is 35.5 Å². The van der Waals surface area contributed by atoms with E-state index >= 15 is 0 Å². The zero-order valence-electron chi connectivity index (χ0n) is 7.71. The lowest BCUT2D eigenvalue weighted by Crippen LogP contribution is -2.63. The van der Waals surface area contributed by atoms with Gasteiger partial charge in [0, 0.05) is 6.54 Å². The van der Waals surface area contributed by atoms with Gasteiger partial charge in [-0.15, -0.1) is 0 Å². The third-order valence-electron chi connectivity index (χ3n) is 3.19. The SMILES string of the molecule is CC1(O)CCNCC1N1CCC1. The van der Waals surface area contributed by atoms with Crippen molar-refractivity contribution in [1.82, 2.24) is 10.2 Å². The number of aliphatic hydroxyl groups is 1. The van der Waals surface area contributed by atoms with Crippen LogP contribution in [0.5, 0.6) is 0 Å². The molecule has 0 spiro atoms. The van der Waals surface area contributed by atoms with Gasteiger partial charge in [0.05, 0.1) is 11.6 Å². The van der Waals surface area contributed by atoms with Crippen LogP contribution in [0.15, 0.2) is 0 Å². The molecule has 0 aromatic heterocycles. The van der Waals surface area contributed by atoms with Crippen molar-refractivity contribution >= 4 is 0 Å². The maximum atomic E-state index is 10.1. The van der Waals surface area contributed by atoms with E-state index in [-0.39, 0.29) is 0 Å². The van der Waals surface area contributed by atoms with Gasteiger partial charge < -0.3 is 10.4 Å². The number of nitrogens with one attached hydrogen (secondary N) is 1. The van der Waals surface area contributed by atoms with E-state index in [0.29, 0.717) is 6.04 Å². The van der Waals surface area contributed by atoms with Crippen LogP contribution in [0.3, 0.4) is 0 Å². The lowest BCUT2D eigenvalue weighted by Gasteiger charge is -2.48. The Bertz CT molecular complexity index is 166. The molecule has 2 heterocycles. The Morgan fingerprint density at radius 2 is 2.25 bits per heavy atom. The predicted octanol–water partition coefficient (Wildman–Crippen LogP) is -0.195. The predicted molar refractivity (Wildman–Crippen MR) is 48.1 cm³/mol. The van der Waals surface area contributed by atoms with Gasteiger partial charge in [0.2, 0.25) is 0 Å². The average molecular weight is 170 g/mol. The van der Waals surface area contributed by atoms with Gasteiger partial charge in [-0.3, -0.25) is 4.90 Å². The number of nitrogens with zero attached hydrogens (tertiary/aromatic N) is 1. The van der Waals surface area contributed by atoms with Crippen LogP contribution in [-0.4, -0.2) is 47.8 Å². The smallest absolute Gasteiger partial charge is 0.0798 e. The Morgan fingerprint density at radius 3 is 2.75 bits per heavy atom. The summed E-state index contributed by atoms with van der Waals surface area (Å²) in [5.74, 6) is 0. The van der Waals surface area contributed by atoms with Gasteiger partial charge in [-0.2, -0.15) is 0 Å². The molecule has 0 aliphatic carbocycles. The molecule has 70 valence electrons. The minimum atomic E-state index is -0.467. The van der Waals surface area contributed by atoms with E-state index in [1.165, 1.54) is 19.5 Å². The number of hydrogen-bond donors (Lipinski definition) is 2. The first-order chi connectivity index (χ1) is 5.70. The molecule has 2 aliphatic heterocycles. The molecule has 3 nitrogen and oxygen atoms in total. The van der Waals surface area contributed by atoms with Gasteiger partial charge in [-0.05, 0) is 39.4 Å². The molecule has 2 aliphatic rings. The monoisotopic (exact) mass is 170 g/mol. The fourth-order valence-corrected chi connectivity index (χ4v) is 2.14. The van der Waals surface area contributed by atoms with Crippen molar-refractivity contribution in [1.29, 1.82) is 0 Å². The van der Waals surface area contributed by atoms with E-state index in [0.717, 1.165) is 19.5 Å². The van der Waals surface area contributed by atoms with Crippen LogP contribution in [0, 0.1) is 0 Å². The Morgan fingerprint density at radius 1 is 1.50 bits per heavy atom. The van der Waals surface area contributed by atoms with Crippen molar-refractivity contribution < 1.29 is 5.11 Å². The van der Waals surface area contributed by atoms with E-state index in [1.54, 1.807) is 0 Å². The largest absolute Gasteiger partial charge is 0.388 e. The summed E-state index contributed by atoms with van der Waals surface area (Å²) in [4.78, 5) is 2.38. The van der Waals surface area contributed by atoms with E-state index in [4.69, 9.17) is 0 Å². The molecule has 0 aromatic rings. The molecule has 3 heteroatoms. The zero-order chi connectivity index (χ0) is 8.60. The van der Waals surface area contributed by atoms with Gasteiger partial charge in [0.1, 0.15) is 0 Å². The molecule has 0 saturated carbocycles. The van der Waals surface area contributed by atoms with Gasteiger partial charge in [-0.25, -0.2) is 0 Å². The summed E-state index contributed by atoms with van der Waals surface area (Å²) >= 11 is 0. The highest BCUT2D eigenvalue weighted by Crippen LogP contribution is 2.25. The molecule has 0 amide bonds. The summed E-state index contributed by atoms with van der Waals surface area (Å²) in [5.41, 5.74) is -0.467. The first-order valence-corrected chi connectivity index (χ1v) is 4.87. The first kappa shape index (κ1) is 8.48. The summed E-state index contributed by atoms with van der Waals surface area (Å²) in [6.07, 6.45) is 2.18. The highest BCUT2D eigenvalue weighted by Gasteiger charge is 2.39. The van der Waals surface area contributed by atoms with Crippen molar-refractivity contribution in [2.24, 2.45) is 0 Å². The Hall–Kier alpha value is -0.120. The fourth-order valence-electron chi connectivity index (χ4n) is 2.14. The van der Waals surface area contributed by atoms with E-state index in [2.05, 4.69) is 10.2 Å². The zero-order valence-corrected chi connectivity index (χ0v) is 7.71. The van der Waals surface area contributed by atoms with Crippen LogP contribution in [-0.2, 0) is 0 Å². The van der Waals surface area contributed by atoms with Crippen molar-refractivity contribution in [3.05, 3.63) is 0 Å². The number of likely N-dealkylation sites (tertiary alicyclic amines) is 1. The molecule has 12 heavy (non-hydrogen) atoms. The van der Waals surface area contributed by atoms with Crippen LogP contribution in [0.4, 0.5) is 0 Å². The fraction of sp³-hybridized carbons (Fsp3) is 1.00. The summed E-state index contributed by atoms with van der Waals surface area (Å²) < 4.78 is 0. The van der Waals surface area contributed by atoms with Crippen molar-refractivity contribution in [3.8, 4) is 0 Å². The Kier molecular flexibility index (Phi) is 2.10. The quantitative estimate of drug-likeness (QED) is 0.572. The Labute approximate surface area is 73.8 Å². The molecule has 2 rings (SSSR count). The van der Waals surface area contributed by atoms with Crippen molar-refractivity contribution in [2.45, 2.75) is 31.4 Å². The van der Waals surface area contributed by atoms with Crippen LogP contribution in [0.1, 0.15) is 19.8 Å². The first-order valence-electron chi connectivity index (χ1n) is 4.87. The molecule has 0 aromatic carbocycles. The second-order valence-electron chi connectivity index (χ2n) is 4.22. The minimum absolute atomic E-state index is 0.347. The van der Waals surface area contributed by atoms with Crippen LogP contribution in [0.25, 0.3) is 0 Å². The lowest BCUT2D eigenvalue weighted by molar-refractivity contribution is -0.0710. The Balaban J connectivity index is 2.00. The molecule has 2 unspecified atom stereocenters. The highest BCUT2D eigenvalue weighted by atomic mass is 16.3. The molecule has 2 N–H and O–H groups in total. The summed E-state index contributed by atoms with van der Waals surface area (Å²) in [6.45, 7) is 6.21. The summed E-state index contributed by atoms with van der Waals surface area (Å²) in [6, 6.07) is 0.347. The average Bonchev–Trinajstić information content (AvgIpc) is 1.89.